The van der Waals surface area contributed by atoms with Gasteiger partial charge in [0.25, 0.3) is 0 Å². The summed E-state index contributed by atoms with van der Waals surface area (Å²) in [7, 11) is -3.70. The first-order valence-electron chi connectivity index (χ1n) is 7.07. The SMILES string of the molecule is O=C(CNS(=O)(=O)/C=C/c1ccccc1)OCc1ccc(Br)cc1. The van der Waals surface area contributed by atoms with Crippen LogP contribution in [0.4, 0.5) is 0 Å². The van der Waals surface area contributed by atoms with E-state index in [2.05, 4.69) is 20.7 Å². The molecule has 0 aliphatic carbocycles. The molecule has 0 atom stereocenters. The Labute approximate surface area is 149 Å². The zero-order valence-corrected chi connectivity index (χ0v) is 15.1. The third-order valence-corrected chi connectivity index (χ3v) is 4.54. The molecule has 0 spiro atoms. The average molecular weight is 410 g/mol. The van der Waals surface area contributed by atoms with Gasteiger partial charge in [-0.15, -0.1) is 0 Å². The van der Waals surface area contributed by atoms with Gasteiger partial charge in [-0.2, -0.15) is 0 Å². The van der Waals surface area contributed by atoms with E-state index in [1.54, 1.807) is 24.3 Å². The minimum Gasteiger partial charge on any atom is -0.460 e. The molecule has 0 aromatic heterocycles. The molecule has 5 nitrogen and oxygen atoms in total. The van der Waals surface area contributed by atoms with Crippen molar-refractivity contribution in [2.24, 2.45) is 0 Å². The van der Waals surface area contributed by atoms with Crippen molar-refractivity contribution in [1.29, 1.82) is 0 Å². The predicted molar refractivity (Wildman–Crippen MR) is 96.3 cm³/mol. The number of carbonyl (C=O) groups is 1. The molecule has 0 unspecified atom stereocenters. The molecule has 2 aromatic carbocycles. The van der Waals surface area contributed by atoms with Crippen molar-refractivity contribution >= 4 is 38.0 Å². The largest absolute Gasteiger partial charge is 0.460 e. The number of carbonyl (C=O) groups excluding carboxylic acids is 1. The van der Waals surface area contributed by atoms with Gasteiger partial charge in [-0.3, -0.25) is 4.79 Å². The molecule has 2 rings (SSSR count). The molecule has 24 heavy (non-hydrogen) atoms. The molecule has 0 amide bonds. The summed E-state index contributed by atoms with van der Waals surface area (Å²) in [4.78, 5) is 11.6. The summed E-state index contributed by atoms with van der Waals surface area (Å²) in [5.74, 6) is -0.644. The minimum atomic E-state index is -3.70. The first kappa shape index (κ1) is 18.4. The van der Waals surface area contributed by atoms with Gasteiger partial charge in [0.2, 0.25) is 10.0 Å². The minimum absolute atomic E-state index is 0.0910. The highest BCUT2D eigenvalue weighted by atomic mass is 79.9. The Bertz CT molecular complexity index is 802. The van der Waals surface area contributed by atoms with Gasteiger partial charge < -0.3 is 4.74 Å². The van der Waals surface area contributed by atoms with Crippen LogP contribution in [0.25, 0.3) is 6.08 Å². The number of hydrogen-bond acceptors (Lipinski definition) is 4. The van der Waals surface area contributed by atoms with E-state index in [-0.39, 0.29) is 6.61 Å². The lowest BCUT2D eigenvalue weighted by Gasteiger charge is -2.06. The van der Waals surface area contributed by atoms with Crippen LogP contribution >= 0.6 is 15.9 Å². The van der Waals surface area contributed by atoms with E-state index in [4.69, 9.17) is 4.74 Å². The lowest BCUT2D eigenvalue weighted by atomic mass is 10.2. The standard InChI is InChI=1S/C17H16BrNO4S/c18-16-8-6-15(7-9-16)13-23-17(20)12-19-24(21,22)11-10-14-4-2-1-3-5-14/h1-11,19H,12-13H2/b11-10+. The number of benzene rings is 2. The molecule has 0 aliphatic heterocycles. The first-order chi connectivity index (χ1) is 11.4. The molecular formula is C17H16BrNO4S. The Morgan fingerprint density at radius 1 is 1.08 bits per heavy atom. The number of rotatable bonds is 7. The highest BCUT2D eigenvalue weighted by Gasteiger charge is 2.10. The van der Waals surface area contributed by atoms with Gasteiger partial charge in [0.05, 0.1) is 0 Å². The molecule has 0 heterocycles. The molecule has 0 fully saturated rings. The topological polar surface area (TPSA) is 72.5 Å². The third-order valence-electron chi connectivity index (χ3n) is 2.97. The van der Waals surface area contributed by atoms with E-state index in [0.717, 1.165) is 21.0 Å². The third kappa shape index (κ3) is 6.66. The quantitative estimate of drug-likeness (QED) is 0.713. The molecule has 0 radical (unpaired) electrons. The van der Waals surface area contributed by atoms with E-state index < -0.39 is 22.5 Å². The first-order valence-corrected chi connectivity index (χ1v) is 9.41. The van der Waals surface area contributed by atoms with Crippen molar-refractivity contribution in [3.8, 4) is 0 Å². The summed E-state index contributed by atoms with van der Waals surface area (Å²) in [5.41, 5.74) is 1.57. The fraction of sp³-hybridized carbons (Fsp3) is 0.118. The van der Waals surface area contributed by atoms with Crippen molar-refractivity contribution in [3.05, 3.63) is 75.6 Å². The molecule has 0 bridgehead atoms. The smallest absolute Gasteiger partial charge is 0.321 e. The lowest BCUT2D eigenvalue weighted by molar-refractivity contribution is -0.143. The van der Waals surface area contributed by atoms with Crippen LogP contribution in [-0.2, 0) is 26.2 Å². The Morgan fingerprint density at radius 2 is 1.75 bits per heavy atom. The Hall–Kier alpha value is -1.96. The van der Waals surface area contributed by atoms with Gasteiger partial charge in [-0.05, 0) is 29.3 Å². The molecule has 1 N–H and O–H groups in total. The number of hydrogen-bond donors (Lipinski definition) is 1. The lowest BCUT2D eigenvalue weighted by Crippen LogP contribution is -2.29. The van der Waals surface area contributed by atoms with Crippen molar-refractivity contribution in [2.45, 2.75) is 6.61 Å². The molecule has 7 heteroatoms. The van der Waals surface area contributed by atoms with Crippen molar-refractivity contribution in [3.63, 3.8) is 0 Å². The fourth-order valence-electron chi connectivity index (χ4n) is 1.74. The second-order valence-electron chi connectivity index (χ2n) is 4.87. The van der Waals surface area contributed by atoms with E-state index in [0.29, 0.717) is 0 Å². The fourth-order valence-corrected chi connectivity index (χ4v) is 2.75. The van der Waals surface area contributed by atoms with Crippen molar-refractivity contribution in [2.75, 3.05) is 6.54 Å². The molecule has 0 saturated heterocycles. The van der Waals surface area contributed by atoms with Crippen LogP contribution < -0.4 is 4.72 Å². The zero-order valence-electron chi connectivity index (χ0n) is 12.7. The molecule has 0 aliphatic rings. The number of nitrogens with one attached hydrogen (secondary N) is 1. The van der Waals surface area contributed by atoms with Crippen LogP contribution in [0.5, 0.6) is 0 Å². The van der Waals surface area contributed by atoms with E-state index in [9.17, 15) is 13.2 Å². The summed E-state index contributed by atoms with van der Waals surface area (Å²) in [6.45, 7) is -0.328. The van der Waals surface area contributed by atoms with Crippen molar-refractivity contribution < 1.29 is 17.9 Å². The van der Waals surface area contributed by atoms with Crippen LogP contribution in [0, 0.1) is 0 Å². The van der Waals surface area contributed by atoms with E-state index in [1.807, 2.05) is 30.3 Å². The summed E-state index contributed by atoms with van der Waals surface area (Å²) in [6, 6.07) is 16.3. The second kappa shape index (κ2) is 8.77. The normalized spacial score (nSPS) is 11.5. The van der Waals surface area contributed by atoms with Crippen LogP contribution in [-0.4, -0.2) is 20.9 Å². The van der Waals surface area contributed by atoms with Crippen molar-refractivity contribution in [1.82, 2.24) is 4.72 Å². The highest BCUT2D eigenvalue weighted by molar-refractivity contribution is 9.10. The second-order valence-corrected chi connectivity index (χ2v) is 7.43. The Morgan fingerprint density at radius 3 is 2.42 bits per heavy atom. The average Bonchev–Trinajstić information content (AvgIpc) is 2.59. The zero-order chi connectivity index (χ0) is 17.4. The Kier molecular flexibility index (Phi) is 6.72. The molecule has 126 valence electrons. The van der Waals surface area contributed by atoms with Crippen LogP contribution in [0.3, 0.4) is 0 Å². The number of halogens is 1. The maximum absolute atomic E-state index is 11.8. The van der Waals surface area contributed by atoms with Crippen LogP contribution in [0.2, 0.25) is 0 Å². The van der Waals surface area contributed by atoms with Gasteiger partial charge in [0.1, 0.15) is 13.2 Å². The van der Waals surface area contributed by atoms with Gasteiger partial charge in [0.15, 0.2) is 0 Å². The summed E-state index contributed by atoms with van der Waals surface area (Å²) >= 11 is 3.31. The highest BCUT2D eigenvalue weighted by Crippen LogP contribution is 2.11. The van der Waals surface area contributed by atoms with Crippen LogP contribution in [0.1, 0.15) is 11.1 Å². The molecule has 2 aromatic rings. The Balaban J connectivity index is 1.79. The van der Waals surface area contributed by atoms with Gasteiger partial charge in [0, 0.05) is 9.88 Å². The van der Waals surface area contributed by atoms with E-state index in [1.165, 1.54) is 6.08 Å². The maximum Gasteiger partial charge on any atom is 0.321 e. The summed E-state index contributed by atoms with van der Waals surface area (Å²) in [5, 5.41) is 1.02. The van der Waals surface area contributed by atoms with Gasteiger partial charge >= 0.3 is 5.97 Å². The monoisotopic (exact) mass is 409 g/mol. The van der Waals surface area contributed by atoms with Crippen LogP contribution in [0.15, 0.2) is 64.5 Å². The number of esters is 1. The molecular weight excluding hydrogens is 394 g/mol. The summed E-state index contributed by atoms with van der Waals surface area (Å²) in [6.07, 6.45) is 1.45. The predicted octanol–water partition coefficient (Wildman–Crippen LogP) is 3.08. The number of sulfonamides is 1. The number of ether oxygens (including phenoxy) is 1. The molecule has 0 saturated carbocycles. The summed E-state index contributed by atoms with van der Waals surface area (Å²) < 4.78 is 31.7. The van der Waals surface area contributed by atoms with E-state index >= 15 is 0 Å². The van der Waals surface area contributed by atoms with Gasteiger partial charge in [-0.1, -0.05) is 58.4 Å². The maximum atomic E-state index is 11.8. The van der Waals surface area contributed by atoms with Gasteiger partial charge in [-0.25, -0.2) is 13.1 Å².